The van der Waals surface area contributed by atoms with E-state index in [1.165, 1.54) is 7.11 Å². The first-order chi connectivity index (χ1) is 7.70. The number of ketones is 1. The molecule has 0 amide bonds. The smallest absolute Gasteiger partial charge is 0.319 e. The minimum absolute atomic E-state index is 0.00634. The SMILES string of the molecule is COC(=O)C1(C(=O)C2CCOCC2)CCC1. The number of ether oxygens (including phenoxy) is 2. The normalized spacial score (nSPS) is 24.6. The second kappa shape index (κ2) is 4.53. The van der Waals surface area contributed by atoms with Crippen LogP contribution in [0.25, 0.3) is 0 Å². The van der Waals surface area contributed by atoms with Gasteiger partial charge in [-0.15, -0.1) is 0 Å². The summed E-state index contributed by atoms with van der Waals surface area (Å²) in [5, 5.41) is 0. The second-order valence-corrected chi connectivity index (χ2v) is 4.68. The lowest BCUT2D eigenvalue weighted by Gasteiger charge is -2.40. The van der Waals surface area contributed by atoms with Crippen molar-refractivity contribution in [3.63, 3.8) is 0 Å². The van der Waals surface area contributed by atoms with Crippen molar-refractivity contribution in [2.45, 2.75) is 32.1 Å². The maximum Gasteiger partial charge on any atom is 0.319 e. The molecule has 1 heterocycles. The lowest BCUT2D eigenvalue weighted by molar-refractivity contribution is -0.167. The van der Waals surface area contributed by atoms with E-state index in [0.717, 1.165) is 19.3 Å². The Morgan fingerprint density at radius 3 is 2.31 bits per heavy atom. The highest BCUT2D eigenvalue weighted by Gasteiger charge is 2.53. The largest absolute Gasteiger partial charge is 0.468 e. The van der Waals surface area contributed by atoms with Gasteiger partial charge in [-0.2, -0.15) is 0 Å². The fourth-order valence-corrected chi connectivity index (χ4v) is 2.63. The van der Waals surface area contributed by atoms with Crippen LogP contribution in [-0.4, -0.2) is 32.1 Å². The van der Waals surface area contributed by atoms with Crippen LogP contribution < -0.4 is 0 Å². The summed E-state index contributed by atoms with van der Waals surface area (Å²) in [7, 11) is 1.36. The third kappa shape index (κ3) is 1.75. The van der Waals surface area contributed by atoms with Gasteiger partial charge in [0.1, 0.15) is 5.41 Å². The van der Waals surface area contributed by atoms with E-state index >= 15 is 0 Å². The minimum Gasteiger partial charge on any atom is -0.468 e. The van der Waals surface area contributed by atoms with Crippen LogP contribution in [0.4, 0.5) is 0 Å². The number of esters is 1. The lowest BCUT2D eigenvalue weighted by Crippen LogP contribution is -2.49. The monoisotopic (exact) mass is 226 g/mol. The standard InChI is InChI=1S/C12H18O4/c1-15-11(14)12(5-2-6-12)10(13)9-3-7-16-8-4-9/h9H,2-8H2,1H3. The molecule has 90 valence electrons. The Morgan fingerprint density at radius 1 is 1.25 bits per heavy atom. The summed E-state index contributed by atoms with van der Waals surface area (Å²) in [6.45, 7) is 1.27. The molecule has 1 aliphatic carbocycles. The first kappa shape index (κ1) is 11.6. The summed E-state index contributed by atoms with van der Waals surface area (Å²) in [4.78, 5) is 24.1. The minimum atomic E-state index is -0.809. The molecule has 1 saturated carbocycles. The van der Waals surface area contributed by atoms with Gasteiger partial charge >= 0.3 is 5.97 Å². The number of methoxy groups -OCH3 is 1. The molecule has 0 atom stereocenters. The number of rotatable bonds is 3. The van der Waals surface area contributed by atoms with Crippen LogP contribution in [0.3, 0.4) is 0 Å². The maximum atomic E-state index is 12.3. The molecule has 0 aromatic carbocycles. The molecule has 0 unspecified atom stereocenters. The number of carbonyl (C=O) groups excluding carboxylic acids is 2. The van der Waals surface area contributed by atoms with Crippen molar-refractivity contribution in [2.24, 2.45) is 11.3 Å². The van der Waals surface area contributed by atoms with E-state index in [4.69, 9.17) is 9.47 Å². The van der Waals surface area contributed by atoms with Crippen molar-refractivity contribution >= 4 is 11.8 Å². The average molecular weight is 226 g/mol. The summed E-state index contributed by atoms with van der Waals surface area (Å²) in [5.74, 6) is -0.253. The van der Waals surface area contributed by atoms with Gasteiger partial charge in [-0.25, -0.2) is 0 Å². The summed E-state index contributed by atoms with van der Waals surface area (Å²) in [5.41, 5.74) is -0.809. The number of hydrogen-bond acceptors (Lipinski definition) is 4. The third-order valence-electron chi connectivity index (χ3n) is 3.85. The van der Waals surface area contributed by atoms with Gasteiger partial charge in [0, 0.05) is 19.1 Å². The molecule has 4 heteroatoms. The lowest BCUT2D eigenvalue weighted by atomic mass is 9.62. The van der Waals surface area contributed by atoms with Gasteiger partial charge in [-0.05, 0) is 25.7 Å². The highest BCUT2D eigenvalue weighted by Crippen LogP contribution is 2.45. The first-order valence-electron chi connectivity index (χ1n) is 5.91. The fraction of sp³-hybridized carbons (Fsp3) is 0.833. The molecule has 0 aromatic rings. The van der Waals surface area contributed by atoms with Gasteiger partial charge in [-0.1, -0.05) is 6.42 Å². The molecule has 16 heavy (non-hydrogen) atoms. The Balaban J connectivity index is 2.08. The number of hydrogen-bond donors (Lipinski definition) is 0. The maximum absolute atomic E-state index is 12.3. The molecule has 1 aliphatic heterocycles. The van der Waals surface area contributed by atoms with Gasteiger partial charge in [-0.3, -0.25) is 9.59 Å². The van der Waals surface area contributed by atoms with Crippen molar-refractivity contribution in [3.05, 3.63) is 0 Å². The summed E-state index contributed by atoms with van der Waals surface area (Å²) < 4.78 is 10.0. The van der Waals surface area contributed by atoms with E-state index in [1.807, 2.05) is 0 Å². The second-order valence-electron chi connectivity index (χ2n) is 4.68. The van der Waals surface area contributed by atoms with E-state index in [0.29, 0.717) is 26.1 Å². The molecule has 0 bridgehead atoms. The topological polar surface area (TPSA) is 52.6 Å². The molecule has 2 fully saturated rings. The fourth-order valence-electron chi connectivity index (χ4n) is 2.63. The molecule has 0 spiro atoms. The molecule has 0 N–H and O–H groups in total. The predicted molar refractivity (Wildman–Crippen MR) is 56.9 cm³/mol. The summed E-state index contributed by atoms with van der Waals surface area (Å²) in [6.07, 6.45) is 3.77. The molecular formula is C12H18O4. The zero-order chi connectivity index (χ0) is 11.6. The number of carbonyl (C=O) groups is 2. The van der Waals surface area contributed by atoms with Crippen molar-refractivity contribution in [1.82, 2.24) is 0 Å². The molecule has 2 aliphatic rings. The van der Waals surface area contributed by atoms with Gasteiger partial charge in [0.25, 0.3) is 0 Å². The Morgan fingerprint density at radius 2 is 1.88 bits per heavy atom. The van der Waals surface area contributed by atoms with Crippen molar-refractivity contribution in [2.75, 3.05) is 20.3 Å². The first-order valence-corrected chi connectivity index (χ1v) is 5.91. The van der Waals surface area contributed by atoms with Crippen molar-refractivity contribution in [3.8, 4) is 0 Å². The Kier molecular flexibility index (Phi) is 3.28. The zero-order valence-electron chi connectivity index (χ0n) is 9.66. The molecular weight excluding hydrogens is 208 g/mol. The molecule has 4 nitrogen and oxygen atoms in total. The highest BCUT2D eigenvalue weighted by molar-refractivity contribution is 6.05. The van der Waals surface area contributed by atoms with Gasteiger partial charge in [0.2, 0.25) is 0 Å². The van der Waals surface area contributed by atoms with Crippen LogP contribution in [0.15, 0.2) is 0 Å². The van der Waals surface area contributed by atoms with E-state index in [1.54, 1.807) is 0 Å². The van der Waals surface area contributed by atoms with Gasteiger partial charge < -0.3 is 9.47 Å². The van der Waals surface area contributed by atoms with Gasteiger partial charge in [0.05, 0.1) is 7.11 Å². The van der Waals surface area contributed by atoms with Crippen molar-refractivity contribution < 1.29 is 19.1 Å². The van der Waals surface area contributed by atoms with E-state index < -0.39 is 5.41 Å². The van der Waals surface area contributed by atoms with E-state index in [2.05, 4.69) is 0 Å². The highest BCUT2D eigenvalue weighted by atomic mass is 16.5. The van der Waals surface area contributed by atoms with Crippen molar-refractivity contribution in [1.29, 1.82) is 0 Å². The van der Waals surface area contributed by atoms with Crippen LogP contribution in [0.5, 0.6) is 0 Å². The Bertz CT molecular complexity index is 287. The third-order valence-corrected chi connectivity index (χ3v) is 3.85. The Hall–Kier alpha value is -0.900. The summed E-state index contributed by atoms with van der Waals surface area (Å²) >= 11 is 0. The zero-order valence-corrected chi connectivity index (χ0v) is 9.66. The molecule has 0 aromatic heterocycles. The van der Waals surface area contributed by atoms with Crippen LogP contribution >= 0.6 is 0 Å². The molecule has 2 rings (SSSR count). The van der Waals surface area contributed by atoms with E-state index in [9.17, 15) is 9.59 Å². The van der Waals surface area contributed by atoms with E-state index in [-0.39, 0.29) is 17.7 Å². The predicted octanol–water partition coefficient (Wildman–Crippen LogP) is 1.33. The van der Waals surface area contributed by atoms with Crippen LogP contribution in [0, 0.1) is 11.3 Å². The van der Waals surface area contributed by atoms with Crippen LogP contribution in [-0.2, 0) is 19.1 Å². The van der Waals surface area contributed by atoms with Crippen LogP contribution in [0.1, 0.15) is 32.1 Å². The van der Waals surface area contributed by atoms with Gasteiger partial charge in [0.15, 0.2) is 5.78 Å². The molecule has 0 radical (unpaired) electrons. The quantitative estimate of drug-likeness (QED) is 0.538. The number of Topliss-reactive ketones (excluding diaryl/α,β-unsaturated/α-hetero) is 1. The summed E-state index contributed by atoms with van der Waals surface area (Å²) in [6, 6.07) is 0. The Labute approximate surface area is 95.3 Å². The molecule has 1 saturated heterocycles. The van der Waals surface area contributed by atoms with Crippen LogP contribution in [0.2, 0.25) is 0 Å². The average Bonchev–Trinajstić information content (AvgIpc) is 2.28.